The van der Waals surface area contributed by atoms with Crippen LogP contribution in [0.3, 0.4) is 0 Å². The second-order valence-electron chi connectivity index (χ2n) is 5.11. The number of benzene rings is 1. The molecule has 0 spiro atoms. The topological polar surface area (TPSA) is 61.7 Å². The van der Waals surface area contributed by atoms with E-state index in [0.717, 1.165) is 12.5 Å². The van der Waals surface area contributed by atoms with Gasteiger partial charge in [-0.3, -0.25) is 0 Å². The first kappa shape index (κ1) is 14.2. The Morgan fingerprint density at radius 2 is 1.95 bits per heavy atom. The van der Waals surface area contributed by atoms with Gasteiger partial charge in [0.05, 0.1) is 13.2 Å². The summed E-state index contributed by atoms with van der Waals surface area (Å²) in [4.78, 5) is 0. The first-order chi connectivity index (χ1) is 8.83. The van der Waals surface area contributed by atoms with Crippen molar-refractivity contribution in [3.05, 3.63) is 29.8 Å². The van der Waals surface area contributed by atoms with E-state index in [4.69, 9.17) is 4.74 Å². The normalized spacial score (nSPS) is 20.7. The fourth-order valence-electron chi connectivity index (χ4n) is 1.72. The van der Waals surface area contributed by atoms with Crippen LogP contribution < -0.4 is 5.32 Å². The molecule has 1 aliphatic heterocycles. The highest BCUT2D eigenvalue weighted by atomic mass is 19.3. The van der Waals surface area contributed by atoms with Crippen LogP contribution in [0.1, 0.15) is 12.5 Å². The van der Waals surface area contributed by atoms with E-state index in [-0.39, 0.29) is 19.8 Å². The minimum atomic E-state index is -2.81. The molecule has 1 fully saturated rings. The molecular weight excluding hydrogens is 256 g/mol. The van der Waals surface area contributed by atoms with Crippen LogP contribution >= 0.6 is 0 Å². The third-order valence-electron chi connectivity index (χ3n) is 3.22. The fourth-order valence-corrected chi connectivity index (χ4v) is 1.72. The summed E-state index contributed by atoms with van der Waals surface area (Å²) in [5.41, 5.74) is -1.68. The molecule has 106 valence electrons. The van der Waals surface area contributed by atoms with Gasteiger partial charge in [-0.2, -0.15) is 0 Å². The lowest BCUT2D eigenvalue weighted by Crippen LogP contribution is -2.46. The van der Waals surface area contributed by atoms with Crippen LogP contribution in [0.15, 0.2) is 24.3 Å². The monoisotopic (exact) mass is 273 g/mol. The van der Waals surface area contributed by atoms with E-state index in [2.05, 4.69) is 5.32 Å². The maximum atomic E-state index is 12.5. The highest BCUT2D eigenvalue weighted by molar-refractivity contribution is 5.46. The molecular formula is C13H17F2NO3. The first-order valence-electron chi connectivity index (χ1n) is 5.99. The number of ether oxygens (including phenoxy) is 1. The Labute approximate surface area is 110 Å². The quantitative estimate of drug-likeness (QED) is 0.757. The number of nitrogens with one attached hydrogen (secondary N) is 1. The molecule has 1 aliphatic rings. The lowest BCUT2D eigenvalue weighted by Gasteiger charge is -2.36. The Balaban J connectivity index is 1.96. The maximum Gasteiger partial charge on any atom is 0.268 e. The van der Waals surface area contributed by atoms with Crippen LogP contribution in [0.25, 0.3) is 0 Å². The molecule has 0 aliphatic carbocycles. The third-order valence-corrected chi connectivity index (χ3v) is 3.22. The fraction of sp³-hybridized carbons (Fsp3) is 0.538. The van der Waals surface area contributed by atoms with E-state index in [1.807, 2.05) is 0 Å². The number of alkyl halides is 2. The first-order valence-corrected chi connectivity index (χ1v) is 5.99. The van der Waals surface area contributed by atoms with E-state index >= 15 is 0 Å². The van der Waals surface area contributed by atoms with E-state index in [9.17, 15) is 19.0 Å². The standard InChI is InChI=1S/C13H17F2NO3/c1-12(17,11(14)15)6-16-10-4-2-9(3-5-10)13(18)7-19-8-13/h2-5,11,16-18H,6-8H2,1H3. The van der Waals surface area contributed by atoms with Gasteiger partial charge >= 0.3 is 0 Å². The molecule has 1 atom stereocenters. The van der Waals surface area contributed by atoms with Gasteiger partial charge in [-0.1, -0.05) is 12.1 Å². The van der Waals surface area contributed by atoms with Crippen molar-refractivity contribution in [2.45, 2.75) is 24.6 Å². The lowest BCUT2D eigenvalue weighted by atomic mass is 9.92. The van der Waals surface area contributed by atoms with Crippen molar-refractivity contribution >= 4 is 5.69 Å². The minimum absolute atomic E-state index is 0.253. The largest absolute Gasteiger partial charge is 0.382 e. The van der Waals surface area contributed by atoms with Gasteiger partial charge in [0.1, 0.15) is 11.2 Å². The number of halogens is 2. The number of rotatable bonds is 5. The van der Waals surface area contributed by atoms with Crippen molar-refractivity contribution in [3.8, 4) is 0 Å². The summed E-state index contributed by atoms with van der Waals surface area (Å²) < 4.78 is 29.9. The molecule has 2 rings (SSSR count). The summed E-state index contributed by atoms with van der Waals surface area (Å²) in [6.45, 7) is 1.35. The molecule has 3 N–H and O–H groups in total. The van der Waals surface area contributed by atoms with Crippen molar-refractivity contribution in [1.82, 2.24) is 0 Å². The molecule has 0 radical (unpaired) electrons. The summed E-state index contributed by atoms with van der Waals surface area (Å²) in [5, 5.41) is 22.2. The second-order valence-corrected chi connectivity index (χ2v) is 5.11. The van der Waals surface area contributed by atoms with Crippen LogP contribution in [0, 0.1) is 0 Å². The highest BCUT2D eigenvalue weighted by Crippen LogP contribution is 2.30. The van der Waals surface area contributed by atoms with Crippen LogP contribution in [0.5, 0.6) is 0 Å². The summed E-state index contributed by atoms with van der Waals surface area (Å²) in [6, 6.07) is 6.77. The van der Waals surface area contributed by atoms with Gasteiger partial charge in [-0.25, -0.2) is 8.78 Å². The molecule has 6 heteroatoms. The van der Waals surface area contributed by atoms with E-state index in [1.54, 1.807) is 24.3 Å². The van der Waals surface area contributed by atoms with Gasteiger partial charge in [0.15, 0.2) is 0 Å². The Morgan fingerprint density at radius 3 is 2.37 bits per heavy atom. The zero-order chi connectivity index (χ0) is 14.1. The molecule has 1 aromatic rings. The Morgan fingerprint density at radius 1 is 1.37 bits per heavy atom. The second kappa shape index (κ2) is 5.03. The summed E-state index contributed by atoms with van der Waals surface area (Å²) >= 11 is 0. The zero-order valence-corrected chi connectivity index (χ0v) is 10.6. The van der Waals surface area contributed by atoms with Gasteiger partial charge in [0.25, 0.3) is 6.43 Å². The lowest BCUT2D eigenvalue weighted by molar-refractivity contribution is -0.184. The van der Waals surface area contributed by atoms with Crippen molar-refractivity contribution in [2.24, 2.45) is 0 Å². The van der Waals surface area contributed by atoms with Gasteiger partial charge < -0.3 is 20.3 Å². The van der Waals surface area contributed by atoms with Crippen molar-refractivity contribution < 1.29 is 23.7 Å². The molecule has 0 aromatic heterocycles. The molecule has 1 aromatic carbocycles. The minimum Gasteiger partial charge on any atom is -0.382 e. The maximum absolute atomic E-state index is 12.5. The van der Waals surface area contributed by atoms with Gasteiger partial charge in [-0.15, -0.1) is 0 Å². The van der Waals surface area contributed by atoms with Crippen LogP contribution in [-0.4, -0.2) is 42.0 Å². The third kappa shape index (κ3) is 3.02. The molecule has 19 heavy (non-hydrogen) atoms. The zero-order valence-electron chi connectivity index (χ0n) is 10.6. The van der Waals surface area contributed by atoms with Crippen LogP contribution in [-0.2, 0) is 10.3 Å². The van der Waals surface area contributed by atoms with E-state index in [1.165, 1.54) is 0 Å². The predicted molar refractivity (Wildman–Crippen MR) is 66.3 cm³/mol. The number of aliphatic hydroxyl groups is 2. The van der Waals surface area contributed by atoms with Crippen LogP contribution in [0.2, 0.25) is 0 Å². The molecule has 0 bridgehead atoms. The predicted octanol–water partition coefficient (Wildman–Crippen LogP) is 1.33. The molecule has 4 nitrogen and oxygen atoms in total. The molecule has 0 saturated carbocycles. The number of anilines is 1. The molecule has 1 heterocycles. The average molecular weight is 273 g/mol. The average Bonchev–Trinajstić information content (AvgIpc) is 2.34. The Hall–Kier alpha value is -1.24. The van der Waals surface area contributed by atoms with Crippen LogP contribution in [0.4, 0.5) is 14.5 Å². The van der Waals surface area contributed by atoms with Crippen molar-refractivity contribution in [3.63, 3.8) is 0 Å². The van der Waals surface area contributed by atoms with Gasteiger partial charge in [0.2, 0.25) is 0 Å². The van der Waals surface area contributed by atoms with Crippen molar-refractivity contribution in [1.29, 1.82) is 0 Å². The van der Waals surface area contributed by atoms with E-state index < -0.39 is 17.6 Å². The smallest absolute Gasteiger partial charge is 0.268 e. The van der Waals surface area contributed by atoms with E-state index in [0.29, 0.717) is 5.69 Å². The SMILES string of the molecule is CC(O)(CNc1ccc(C2(O)COC2)cc1)C(F)F. The summed E-state index contributed by atoms with van der Waals surface area (Å²) in [5.74, 6) is 0. The summed E-state index contributed by atoms with van der Waals surface area (Å²) in [6.07, 6.45) is -2.81. The summed E-state index contributed by atoms with van der Waals surface area (Å²) in [7, 11) is 0. The van der Waals surface area contributed by atoms with Gasteiger partial charge in [0, 0.05) is 12.2 Å². The number of hydrogen-bond donors (Lipinski definition) is 3. The Bertz CT molecular complexity index is 430. The van der Waals surface area contributed by atoms with Gasteiger partial charge in [-0.05, 0) is 24.6 Å². The Kier molecular flexibility index (Phi) is 3.75. The molecule has 0 amide bonds. The number of hydrogen-bond acceptors (Lipinski definition) is 4. The highest BCUT2D eigenvalue weighted by Gasteiger charge is 2.37. The van der Waals surface area contributed by atoms with Crippen molar-refractivity contribution in [2.75, 3.05) is 25.1 Å². The molecule has 1 saturated heterocycles. The molecule has 1 unspecified atom stereocenters.